The predicted octanol–water partition coefficient (Wildman–Crippen LogP) is 3.61. The summed E-state index contributed by atoms with van der Waals surface area (Å²) in [4.78, 5) is 25.9. The van der Waals surface area contributed by atoms with E-state index in [1.165, 1.54) is 4.90 Å². The second kappa shape index (κ2) is 6.57. The molecule has 124 valence electrons. The van der Waals surface area contributed by atoms with Crippen LogP contribution in [-0.4, -0.2) is 18.4 Å². The quantitative estimate of drug-likeness (QED) is 0.919. The van der Waals surface area contributed by atoms with E-state index in [0.717, 1.165) is 18.2 Å². The largest absolute Gasteiger partial charge is 0.326 e. The second-order valence-corrected chi connectivity index (χ2v) is 5.97. The molecule has 1 aliphatic rings. The third-order valence-corrected chi connectivity index (χ3v) is 4.02. The van der Waals surface area contributed by atoms with Crippen molar-refractivity contribution in [1.82, 2.24) is 0 Å². The molecule has 2 aromatic carbocycles. The fraction of sp³-hybridized carbons (Fsp3) is 0.176. The molecule has 1 fully saturated rings. The molecule has 0 saturated carbocycles. The Hall–Kier alpha value is -2.47. The highest BCUT2D eigenvalue weighted by molar-refractivity contribution is 6.30. The standard InChI is InChI=1S/C17H13ClF2N2O2/c18-11-1-3-15(4-2-11)22-9-10(5-16(22)23)17(24)21-14-7-12(19)6-13(20)8-14/h1-4,6-8,10H,5,9H2,(H,21,24)/t10-/m1/s1. The van der Waals surface area contributed by atoms with Gasteiger partial charge in [-0.05, 0) is 36.4 Å². The highest BCUT2D eigenvalue weighted by Gasteiger charge is 2.35. The van der Waals surface area contributed by atoms with Crippen molar-refractivity contribution in [3.8, 4) is 0 Å². The van der Waals surface area contributed by atoms with Gasteiger partial charge in [-0.2, -0.15) is 0 Å². The average molecular weight is 351 g/mol. The van der Waals surface area contributed by atoms with Crippen molar-refractivity contribution in [2.24, 2.45) is 5.92 Å². The number of hydrogen-bond donors (Lipinski definition) is 1. The first kappa shape index (κ1) is 16.4. The average Bonchev–Trinajstić information content (AvgIpc) is 2.89. The van der Waals surface area contributed by atoms with Crippen LogP contribution in [0, 0.1) is 17.6 Å². The summed E-state index contributed by atoms with van der Waals surface area (Å²) >= 11 is 5.82. The molecule has 0 radical (unpaired) electrons. The third-order valence-electron chi connectivity index (χ3n) is 3.76. The van der Waals surface area contributed by atoms with E-state index >= 15 is 0 Å². The Morgan fingerprint density at radius 1 is 1.12 bits per heavy atom. The summed E-state index contributed by atoms with van der Waals surface area (Å²) in [6, 6.07) is 9.48. The zero-order valence-electron chi connectivity index (χ0n) is 12.4. The van der Waals surface area contributed by atoms with Crippen molar-refractivity contribution in [3.05, 3.63) is 59.1 Å². The Labute approximate surface area is 142 Å². The van der Waals surface area contributed by atoms with Crippen molar-refractivity contribution in [1.29, 1.82) is 0 Å². The van der Waals surface area contributed by atoms with Gasteiger partial charge in [0.2, 0.25) is 11.8 Å². The molecule has 0 unspecified atom stereocenters. The fourth-order valence-electron chi connectivity index (χ4n) is 2.62. The van der Waals surface area contributed by atoms with E-state index in [2.05, 4.69) is 5.32 Å². The van der Waals surface area contributed by atoms with Crippen LogP contribution in [0.25, 0.3) is 0 Å². The lowest BCUT2D eigenvalue weighted by Crippen LogP contribution is -2.28. The fourth-order valence-corrected chi connectivity index (χ4v) is 2.75. The molecular weight excluding hydrogens is 338 g/mol. The van der Waals surface area contributed by atoms with E-state index in [-0.39, 0.29) is 24.6 Å². The van der Waals surface area contributed by atoms with Gasteiger partial charge in [-0.15, -0.1) is 0 Å². The van der Waals surface area contributed by atoms with Crippen molar-refractivity contribution >= 4 is 34.8 Å². The highest BCUT2D eigenvalue weighted by Crippen LogP contribution is 2.27. The summed E-state index contributed by atoms with van der Waals surface area (Å²) in [5, 5.41) is 3.00. The Balaban J connectivity index is 1.70. The van der Waals surface area contributed by atoms with Crippen molar-refractivity contribution in [2.75, 3.05) is 16.8 Å². The molecular formula is C17H13ClF2N2O2. The maximum atomic E-state index is 13.2. The number of rotatable bonds is 3. The number of nitrogens with zero attached hydrogens (tertiary/aromatic N) is 1. The van der Waals surface area contributed by atoms with Gasteiger partial charge in [0, 0.05) is 35.4 Å². The normalized spacial score (nSPS) is 17.2. The maximum absolute atomic E-state index is 13.2. The minimum atomic E-state index is -0.782. The number of amides is 2. The summed E-state index contributed by atoms with van der Waals surface area (Å²) in [5.74, 6) is -2.81. The minimum absolute atomic E-state index is 0.0230. The van der Waals surface area contributed by atoms with Crippen LogP contribution in [-0.2, 0) is 9.59 Å². The summed E-state index contributed by atoms with van der Waals surface area (Å²) in [6.07, 6.45) is 0.0340. The Morgan fingerprint density at radius 3 is 2.38 bits per heavy atom. The third kappa shape index (κ3) is 3.54. The smallest absolute Gasteiger partial charge is 0.229 e. The van der Waals surface area contributed by atoms with Gasteiger partial charge in [0.05, 0.1) is 5.92 Å². The van der Waals surface area contributed by atoms with E-state index in [4.69, 9.17) is 11.6 Å². The number of hydrogen-bond acceptors (Lipinski definition) is 2. The van der Waals surface area contributed by atoms with Crippen LogP contribution in [0.3, 0.4) is 0 Å². The number of anilines is 2. The molecule has 2 amide bonds. The lowest BCUT2D eigenvalue weighted by Gasteiger charge is -2.16. The van der Waals surface area contributed by atoms with Crippen LogP contribution >= 0.6 is 11.6 Å². The number of nitrogens with one attached hydrogen (secondary N) is 1. The maximum Gasteiger partial charge on any atom is 0.229 e. The molecule has 7 heteroatoms. The first-order chi connectivity index (χ1) is 11.4. The molecule has 0 bridgehead atoms. The van der Waals surface area contributed by atoms with Crippen molar-refractivity contribution in [2.45, 2.75) is 6.42 Å². The first-order valence-corrected chi connectivity index (χ1v) is 7.63. The molecule has 1 saturated heterocycles. The van der Waals surface area contributed by atoms with Crippen molar-refractivity contribution in [3.63, 3.8) is 0 Å². The van der Waals surface area contributed by atoms with Gasteiger partial charge >= 0.3 is 0 Å². The van der Waals surface area contributed by atoms with Crippen molar-refractivity contribution < 1.29 is 18.4 Å². The van der Waals surface area contributed by atoms with Crippen LogP contribution in [0.1, 0.15) is 6.42 Å². The van der Waals surface area contributed by atoms with E-state index in [0.29, 0.717) is 10.7 Å². The van der Waals surface area contributed by atoms with Crippen LogP contribution in [0.2, 0.25) is 5.02 Å². The van der Waals surface area contributed by atoms with Crippen LogP contribution < -0.4 is 10.2 Å². The Kier molecular flexibility index (Phi) is 4.49. The van der Waals surface area contributed by atoms with E-state index < -0.39 is 23.5 Å². The second-order valence-electron chi connectivity index (χ2n) is 5.53. The highest BCUT2D eigenvalue weighted by atomic mass is 35.5. The molecule has 4 nitrogen and oxygen atoms in total. The van der Waals surface area contributed by atoms with Gasteiger partial charge in [-0.3, -0.25) is 9.59 Å². The van der Waals surface area contributed by atoms with Gasteiger partial charge in [0.25, 0.3) is 0 Å². The molecule has 3 rings (SSSR count). The molecule has 0 aliphatic carbocycles. The number of carbonyl (C=O) groups is 2. The summed E-state index contributed by atoms with van der Waals surface area (Å²) in [6.45, 7) is 0.199. The molecule has 1 N–H and O–H groups in total. The van der Waals surface area contributed by atoms with E-state index in [1.54, 1.807) is 24.3 Å². The minimum Gasteiger partial charge on any atom is -0.326 e. The molecule has 1 atom stereocenters. The van der Waals surface area contributed by atoms with Gasteiger partial charge < -0.3 is 10.2 Å². The van der Waals surface area contributed by atoms with Crippen LogP contribution in [0.5, 0.6) is 0 Å². The van der Waals surface area contributed by atoms with E-state index in [9.17, 15) is 18.4 Å². The SMILES string of the molecule is O=C(Nc1cc(F)cc(F)c1)[C@@H]1CC(=O)N(c2ccc(Cl)cc2)C1. The van der Waals surface area contributed by atoms with Gasteiger partial charge in [-0.25, -0.2) is 8.78 Å². The summed E-state index contributed by atoms with van der Waals surface area (Å²) in [5.41, 5.74) is 0.673. The van der Waals surface area contributed by atoms with Gasteiger partial charge in [0.15, 0.2) is 0 Å². The molecule has 2 aromatic rings. The summed E-state index contributed by atoms with van der Waals surface area (Å²) in [7, 11) is 0. The lowest BCUT2D eigenvalue weighted by molar-refractivity contribution is -0.122. The van der Waals surface area contributed by atoms with Gasteiger partial charge in [-0.1, -0.05) is 11.6 Å². The Bertz CT molecular complexity index is 775. The summed E-state index contributed by atoms with van der Waals surface area (Å²) < 4.78 is 26.3. The topological polar surface area (TPSA) is 49.4 Å². The lowest BCUT2D eigenvalue weighted by atomic mass is 10.1. The monoisotopic (exact) mass is 350 g/mol. The molecule has 1 aliphatic heterocycles. The van der Waals surface area contributed by atoms with E-state index in [1.807, 2.05) is 0 Å². The molecule has 1 heterocycles. The Morgan fingerprint density at radius 2 is 1.75 bits per heavy atom. The molecule has 0 spiro atoms. The first-order valence-electron chi connectivity index (χ1n) is 7.25. The van der Waals surface area contributed by atoms with Crippen LogP contribution in [0.15, 0.2) is 42.5 Å². The zero-order chi connectivity index (χ0) is 17.3. The number of carbonyl (C=O) groups excluding carboxylic acids is 2. The van der Waals surface area contributed by atoms with Gasteiger partial charge in [0.1, 0.15) is 11.6 Å². The predicted molar refractivity (Wildman–Crippen MR) is 86.9 cm³/mol. The number of benzene rings is 2. The van der Waals surface area contributed by atoms with Crippen LogP contribution in [0.4, 0.5) is 20.2 Å². The zero-order valence-corrected chi connectivity index (χ0v) is 13.2. The number of halogens is 3. The molecule has 24 heavy (non-hydrogen) atoms. The molecule has 0 aromatic heterocycles.